The first-order chi connectivity index (χ1) is 24.2. The second-order valence-electron chi connectivity index (χ2n) is 11.5. The normalized spacial score (nSPS) is 19.8. The molecule has 27 heteroatoms. The number of amidine groups is 1. The molecule has 12 N–H and O–H groups in total. The maximum Gasteiger partial charge on any atom is 0.394 e. The van der Waals surface area contributed by atoms with Gasteiger partial charge in [-0.2, -0.15) is 17.8 Å². The van der Waals surface area contributed by atoms with Crippen LogP contribution < -0.4 is 22.5 Å². The summed E-state index contributed by atoms with van der Waals surface area (Å²) in [6.45, 7) is 4.36. The fraction of sp³-hybridized carbons (Fsp3) is 0.480. The van der Waals surface area contributed by atoms with E-state index in [2.05, 4.69) is 24.8 Å². The minimum absolute atomic E-state index is 0.00680. The van der Waals surface area contributed by atoms with Crippen LogP contribution in [0.1, 0.15) is 26.1 Å². The van der Waals surface area contributed by atoms with Crippen LogP contribution in [0.4, 0.5) is 5.13 Å². The first-order valence-electron chi connectivity index (χ1n) is 14.9. The third kappa shape index (κ3) is 8.85. The van der Waals surface area contributed by atoms with Crippen molar-refractivity contribution in [3.63, 3.8) is 0 Å². The number of rotatable bonds is 13. The van der Waals surface area contributed by atoms with Crippen molar-refractivity contribution in [2.45, 2.75) is 37.3 Å². The summed E-state index contributed by atoms with van der Waals surface area (Å²) in [5, 5.41) is 36.8. The Labute approximate surface area is 303 Å². The fourth-order valence-electron chi connectivity index (χ4n) is 5.04. The van der Waals surface area contributed by atoms with Crippen LogP contribution in [0.15, 0.2) is 33.3 Å². The van der Waals surface area contributed by atoms with Crippen molar-refractivity contribution in [2.24, 2.45) is 21.6 Å². The number of nitrogens with zero attached hydrogens (tertiary/aromatic N) is 8. The number of nitrogens with one attached hydrogen (secondary N) is 2. The van der Waals surface area contributed by atoms with E-state index in [0.29, 0.717) is 49.7 Å². The highest BCUT2D eigenvalue weighted by atomic mass is 32.3. The lowest BCUT2D eigenvalue weighted by molar-refractivity contribution is -0.161. The van der Waals surface area contributed by atoms with Gasteiger partial charge in [0.05, 0.1) is 19.6 Å². The number of carboxylic acids is 2. The summed E-state index contributed by atoms with van der Waals surface area (Å²) >= 11 is 2.02. The molecule has 5 rings (SSSR count). The number of nitrogens with two attached hydrogens (primary N) is 3. The number of aliphatic imine (C=N–C) groups is 1. The molecule has 0 spiro atoms. The molecule has 2 unspecified atom stereocenters. The van der Waals surface area contributed by atoms with Crippen LogP contribution in [-0.2, 0) is 34.4 Å². The van der Waals surface area contributed by atoms with Gasteiger partial charge in [0.15, 0.2) is 16.9 Å². The monoisotopic (exact) mass is 789 g/mol. The topological polar surface area (TPSA) is 370 Å². The molecule has 5 heterocycles. The van der Waals surface area contributed by atoms with E-state index in [1.807, 2.05) is 5.01 Å². The number of carboxylic acid groups (broad SMARTS) is 2. The number of guanidine groups is 1. The molecule has 0 aliphatic carbocycles. The molecule has 2 amide bonds. The van der Waals surface area contributed by atoms with Crippen molar-refractivity contribution in [2.75, 3.05) is 44.2 Å². The van der Waals surface area contributed by atoms with E-state index in [1.165, 1.54) is 25.6 Å². The molecule has 4 aliphatic heterocycles. The minimum atomic E-state index is -4.67. The number of hydrazine groups is 1. The third-order valence-corrected chi connectivity index (χ3v) is 9.32. The standard InChI is InChI=1S/C25H33N13O7S2.H2O4S/c1-25(2,22(43)44)45-33-13(16-32-24(29)47-34-16)18(39)31-14-19(40)38-15(21(41)42)11(10-46-20(14)38)8-35-9-12(17-30-5-7-37(17)35)36(23(27)28)6-3-4-26;1-5(2,3)4/h9,14,20H,3-8,10,26H2,1-2H3,(H3,27,28)(H,31,39)(H,41,42)(H,43,44)(H2,29,32,34);(H2,1,2,3,4). The van der Waals surface area contributed by atoms with Gasteiger partial charge in [-0.25, -0.2) is 9.59 Å². The smallest absolute Gasteiger partial charge is 0.394 e. The van der Waals surface area contributed by atoms with E-state index in [4.69, 9.17) is 45.0 Å². The van der Waals surface area contributed by atoms with E-state index in [1.54, 1.807) is 16.1 Å². The van der Waals surface area contributed by atoms with Gasteiger partial charge in [-0.15, -0.1) is 11.8 Å². The lowest BCUT2D eigenvalue weighted by atomic mass is 10.0. The molecular weight excluding hydrogens is 755 g/mol. The molecule has 2 atom stereocenters. The molecule has 1 aromatic rings. The van der Waals surface area contributed by atoms with Crippen molar-refractivity contribution in [1.82, 2.24) is 34.5 Å². The maximum absolute atomic E-state index is 13.4. The van der Waals surface area contributed by atoms with Gasteiger partial charge in [0, 0.05) is 30.0 Å². The Morgan fingerprint density at radius 1 is 1.27 bits per heavy atom. The van der Waals surface area contributed by atoms with E-state index >= 15 is 0 Å². The number of hydrogen-bond donors (Lipinski definition) is 9. The first kappa shape index (κ1) is 39.7. The van der Waals surface area contributed by atoms with E-state index < -0.39 is 56.9 Å². The van der Waals surface area contributed by atoms with Crippen LogP contribution in [0.5, 0.6) is 0 Å². The largest absolute Gasteiger partial charge is 0.478 e. The van der Waals surface area contributed by atoms with Gasteiger partial charge in [0.1, 0.15) is 22.8 Å². The maximum atomic E-state index is 13.4. The Hall–Kier alpha value is -5.09. The third-order valence-electron chi connectivity index (χ3n) is 7.43. The van der Waals surface area contributed by atoms with E-state index in [-0.39, 0.29) is 34.9 Å². The summed E-state index contributed by atoms with van der Waals surface area (Å²) in [6, 6.07) is -1.14. The SMILES string of the molecule is CC(C)(ON=C(C(=O)NC1C(=O)N2C(C(=O)O)=C(CN3C=C(N(CCCN)C(=N)N)C4=NCCN43)CSC12)c1nsc(N)n1)C(=O)O.O=S(=O)(O)O. The summed E-state index contributed by atoms with van der Waals surface area (Å²) in [4.78, 5) is 67.0. The quantitative estimate of drug-likeness (QED) is 0.0318. The molecule has 284 valence electrons. The second-order valence-corrected chi connectivity index (χ2v) is 14.3. The number of anilines is 1. The van der Waals surface area contributed by atoms with E-state index in [9.17, 15) is 29.4 Å². The molecule has 1 aromatic heterocycles. The molecule has 52 heavy (non-hydrogen) atoms. The van der Waals surface area contributed by atoms with Gasteiger partial charge in [-0.05, 0) is 32.4 Å². The Morgan fingerprint density at radius 2 is 1.94 bits per heavy atom. The minimum Gasteiger partial charge on any atom is -0.478 e. The highest BCUT2D eigenvalue weighted by molar-refractivity contribution is 8.00. The molecular formula is C25H35N13O11S3. The average Bonchev–Trinajstić information content (AvgIpc) is 3.77. The van der Waals surface area contributed by atoms with Crippen LogP contribution in [0, 0.1) is 5.41 Å². The average molecular weight is 790 g/mol. The number of aliphatic carboxylic acids is 2. The number of β-lactam (4-membered cyclic amide) rings is 1. The van der Waals surface area contributed by atoms with Crippen molar-refractivity contribution in [3.8, 4) is 0 Å². The van der Waals surface area contributed by atoms with Crippen LogP contribution >= 0.6 is 23.3 Å². The summed E-state index contributed by atoms with van der Waals surface area (Å²) in [5.74, 6) is -3.90. The zero-order valence-electron chi connectivity index (χ0n) is 27.4. The number of carbonyl (C=O) groups is 4. The summed E-state index contributed by atoms with van der Waals surface area (Å²) in [6.07, 6.45) is 2.33. The highest BCUT2D eigenvalue weighted by Crippen LogP contribution is 2.41. The van der Waals surface area contributed by atoms with Crippen molar-refractivity contribution in [3.05, 3.63) is 29.0 Å². The Morgan fingerprint density at radius 3 is 2.50 bits per heavy atom. The first-order valence-corrected chi connectivity index (χ1v) is 18.1. The summed E-state index contributed by atoms with van der Waals surface area (Å²) in [5.41, 5.74) is 15.7. The van der Waals surface area contributed by atoms with Crippen LogP contribution in [0.3, 0.4) is 0 Å². The highest BCUT2D eigenvalue weighted by Gasteiger charge is 2.55. The Balaban J connectivity index is 0.00000113. The Kier molecular flexibility index (Phi) is 11.9. The molecule has 4 aliphatic rings. The number of aromatic nitrogens is 2. The van der Waals surface area contributed by atoms with Crippen LogP contribution in [0.2, 0.25) is 0 Å². The number of amides is 2. The molecule has 24 nitrogen and oxygen atoms in total. The van der Waals surface area contributed by atoms with Crippen molar-refractivity contribution < 1.29 is 51.8 Å². The Bertz CT molecular complexity index is 1870. The van der Waals surface area contributed by atoms with Crippen LogP contribution in [-0.4, -0.2) is 154 Å². The molecule has 1 saturated heterocycles. The number of fused-ring (bicyclic) bond motifs is 2. The fourth-order valence-corrected chi connectivity index (χ4v) is 6.81. The molecule has 0 saturated carbocycles. The predicted molar refractivity (Wildman–Crippen MR) is 184 cm³/mol. The zero-order chi connectivity index (χ0) is 38.7. The zero-order valence-corrected chi connectivity index (χ0v) is 29.8. The second kappa shape index (κ2) is 15.7. The number of thioether (sulfide) groups is 1. The van der Waals surface area contributed by atoms with Gasteiger partial charge < -0.3 is 42.5 Å². The number of nitrogen functional groups attached to an aromatic ring is 1. The van der Waals surface area contributed by atoms with Crippen LogP contribution in [0.25, 0.3) is 0 Å². The molecule has 1 fully saturated rings. The number of oxime groups is 1. The van der Waals surface area contributed by atoms with Crippen molar-refractivity contribution >= 4 is 80.1 Å². The van der Waals surface area contributed by atoms with Gasteiger partial charge in [-0.3, -0.25) is 44.0 Å². The molecule has 0 bridgehead atoms. The van der Waals surface area contributed by atoms with Gasteiger partial charge >= 0.3 is 22.3 Å². The lowest BCUT2D eigenvalue weighted by Gasteiger charge is -2.49. The number of hydrogen-bond acceptors (Lipinski definition) is 18. The predicted octanol–water partition coefficient (Wildman–Crippen LogP) is -2.88. The lowest BCUT2D eigenvalue weighted by Crippen LogP contribution is -2.71. The summed E-state index contributed by atoms with van der Waals surface area (Å²) in [7, 11) is -4.67. The van der Waals surface area contributed by atoms with E-state index in [0.717, 1.165) is 16.4 Å². The molecule has 0 aromatic carbocycles. The molecule has 0 radical (unpaired) electrons. The number of carbonyl (C=O) groups excluding carboxylic acids is 2. The van der Waals surface area contributed by atoms with Gasteiger partial charge in [-0.1, -0.05) is 5.16 Å². The van der Waals surface area contributed by atoms with Crippen molar-refractivity contribution in [1.29, 1.82) is 5.41 Å². The van der Waals surface area contributed by atoms with Gasteiger partial charge in [0.25, 0.3) is 11.8 Å². The van der Waals surface area contributed by atoms with Gasteiger partial charge in [0.2, 0.25) is 17.1 Å². The summed E-state index contributed by atoms with van der Waals surface area (Å²) < 4.78 is 35.5.